The van der Waals surface area contributed by atoms with Crippen LogP contribution in [0, 0.1) is 0 Å². The zero-order valence-corrected chi connectivity index (χ0v) is 16.8. The molecule has 2 aromatic rings. The van der Waals surface area contributed by atoms with Crippen molar-refractivity contribution < 1.29 is 14.0 Å². The van der Waals surface area contributed by atoms with E-state index in [1.807, 2.05) is 42.3 Å². The highest BCUT2D eigenvalue weighted by molar-refractivity contribution is 7.99. The van der Waals surface area contributed by atoms with Gasteiger partial charge in [0, 0.05) is 47.3 Å². The molecule has 0 bridgehead atoms. The quantitative estimate of drug-likeness (QED) is 0.569. The Morgan fingerprint density at radius 1 is 1.26 bits per heavy atom. The molecule has 1 saturated heterocycles. The van der Waals surface area contributed by atoms with Crippen LogP contribution in [-0.2, 0) is 9.59 Å². The summed E-state index contributed by atoms with van der Waals surface area (Å²) in [6.45, 7) is 2.26. The first-order valence-corrected chi connectivity index (χ1v) is 11.1. The summed E-state index contributed by atoms with van der Waals surface area (Å²) in [4.78, 5) is 27.9. The number of nitrogens with one attached hydrogen (secondary N) is 2. The van der Waals surface area contributed by atoms with Crippen LogP contribution < -0.4 is 10.6 Å². The summed E-state index contributed by atoms with van der Waals surface area (Å²) in [5.74, 6) is 0.834. The average molecular weight is 406 g/mol. The van der Waals surface area contributed by atoms with E-state index in [1.165, 1.54) is 0 Å². The van der Waals surface area contributed by atoms with Gasteiger partial charge in [-0.15, -0.1) is 11.8 Å². The van der Waals surface area contributed by atoms with Crippen LogP contribution in [0.3, 0.4) is 0 Å². The minimum Gasteiger partial charge on any atom is -0.472 e. The molecule has 3 rings (SSSR count). The summed E-state index contributed by atoms with van der Waals surface area (Å²) in [6, 6.07) is 9.32. The third-order valence-electron chi connectivity index (χ3n) is 4.40. The van der Waals surface area contributed by atoms with Gasteiger partial charge in [0.1, 0.15) is 0 Å². The van der Waals surface area contributed by atoms with Gasteiger partial charge in [-0.25, -0.2) is 0 Å². The summed E-state index contributed by atoms with van der Waals surface area (Å²) in [5, 5.41) is 5.43. The number of amides is 2. The first kappa shape index (κ1) is 19.9. The van der Waals surface area contributed by atoms with Gasteiger partial charge in [-0.3, -0.25) is 14.5 Å². The van der Waals surface area contributed by atoms with Crippen LogP contribution in [0.4, 0.5) is 5.69 Å². The number of nitrogens with zero attached hydrogens (tertiary/aromatic N) is 1. The Morgan fingerprint density at radius 3 is 2.78 bits per heavy atom. The van der Waals surface area contributed by atoms with E-state index in [-0.39, 0.29) is 6.04 Å². The van der Waals surface area contributed by atoms with Crippen molar-refractivity contribution in [3.63, 3.8) is 0 Å². The lowest BCUT2D eigenvalue weighted by Crippen LogP contribution is -2.44. The fourth-order valence-electron chi connectivity index (χ4n) is 2.97. The highest BCUT2D eigenvalue weighted by atomic mass is 32.2. The number of rotatable bonds is 6. The molecule has 1 aliphatic rings. The molecule has 6 nitrogen and oxygen atoms in total. The monoisotopic (exact) mass is 405 g/mol. The van der Waals surface area contributed by atoms with Crippen LogP contribution in [0.5, 0.6) is 0 Å². The van der Waals surface area contributed by atoms with Crippen LogP contribution >= 0.6 is 23.5 Å². The second kappa shape index (κ2) is 9.87. The maximum absolute atomic E-state index is 12.3. The lowest BCUT2D eigenvalue weighted by Gasteiger charge is -2.33. The molecule has 1 aromatic heterocycles. The Morgan fingerprint density at radius 2 is 2.07 bits per heavy atom. The lowest BCUT2D eigenvalue weighted by atomic mass is 10.1. The van der Waals surface area contributed by atoms with E-state index in [2.05, 4.69) is 15.5 Å². The van der Waals surface area contributed by atoms with Crippen molar-refractivity contribution in [2.75, 3.05) is 42.7 Å². The van der Waals surface area contributed by atoms with E-state index < -0.39 is 11.8 Å². The zero-order chi connectivity index (χ0) is 19.1. The number of carbonyl (C=O) groups is 2. The summed E-state index contributed by atoms with van der Waals surface area (Å²) in [6.07, 6.45) is 5.30. The fraction of sp³-hybridized carbons (Fsp3) is 0.368. The molecule has 2 N–H and O–H groups in total. The topological polar surface area (TPSA) is 74.6 Å². The Balaban J connectivity index is 1.58. The predicted molar refractivity (Wildman–Crippen MR) is 110 cm³/mol. The van der Waals surface area contributed by atoms with Crippen LogP contribution in [-0.4, -0.2) is 54.1 Å². The van der Waals surface area contributed by atoms with Gasteiger partial charge < -0.3 is 15.1 Å². The number of carbonyl (C=O) groups excluding carboxylic acids is 2. The van der Waals surface area contributed by atoms with E-state index in [4.69, 9.17) is 4.42 Å². The number of thioether (sulfide) groups is 2. The van der Waals surface area contributed by atoms with Gasteiger partial charge >= 0.3 is 11.8 Å². The maximum atomic E-state index is 12.3. The Bertz CT molecular complexity index is 761. The molecule has 2 heterocycles. The average Bonchev–Trinajstić information content (AvgIpc) is 3.23. The summed E-state index contributed by atoms with van der Waals surface area (Å²) >= 11 is 3.51. The summed E-state index contributed by atoms with van der Waals surface area (Å²) < 4.78 is 5.22. The van der Waals surface area contributed by atoms with Gasteiger partial charge in [0.2, 0.25) is 0 Å². The standard InChI is InChI=1S/C19H23N3O3S2/c1-26-16-4-2-3-15(11-16)21-19(24)18(23)20-12-17(14-5-8-25-13-14)22-6-9-27-10-7-22/h2-5,8,11,13,17H,6-7,9-10,12H2,1H3,(H,20,23)(H,21,24)/t17-/m0/s1. The Hall–Kier alpha value is -1.90. The number of anilines is 1. The fourth-order valence-corrected chi connectivity index (χ4v) is 4.36. The van der Waals surface area contributed by atoms with Crippen molar-refractivity contribution >= 4 is 41.0 Å². The van der Waals surface area contributed by atoms with E-state index in [0.29, 0.717) is 12.2 Å². The minimum absolute atomic E-state index is 0.00113. The van der Waals surface area contributed by atoms with Gasteiger partial charge in [0.05, 0.1) is 18.6 Å². The second-order valence-electron chi connectivity index (χ2n) is 6.12. The zero-order valence-electron chi connectivity index (χ0n) is 15.1. The first-order chi connectivity index (χ1) is 13.2. The van der Waals surface area contributed by atoms with Gasteiger partial charge in [-0.1, -0.05) is 6.07 Å². The molecule has 0 saturated carbocycles. The molecule has 0 aliphatic carbocycles. The van der Waals surface area contributed by atoms with Gasteiger partial charge in [-0.2, -0.15) is 11.8 Å². The molecule has 1 aromatic carbocycles. The maximum Gasteiger partial charge on any atom is 0.313 e. The van der Waals surface area contributed by atoms with Crippen molar-refractivity contribution in [1.82, 2.24) is 10.2 Å². The van der Waals surface area contributed by atoms with E-state index in [1.54, 1.807) is 30.4 Å². The molecular weight excluding hydrogens is 382 g/mol. The summed E-state index contributed by atoms with van der Waals surface area (Å²) in [7, 11) is 0. The predicted octanol–water partition coefficient (Wildman–Crippen LogP) is 2.85. The third kappa shape index (κ3) is 5.54. The van der Waals surface area contributed by atoms with Crippen LogP contribution in [0.15, 0.2) is 52.2 Å². The van der Waals surface area contributed by atoms with Crippen molar-refractivity contribution in [1.29, 1.82) is 0 Å². The molecule has 27 heavy (non-hydrogen) atoms. The highest BCUT2D eigenvalue weighted by Crippen LogP contribution is 2.24. The normalized spacial score (nSPS) is 15.9. The van der Waals surface area contributed by atoms with Crippen LogP contribution in [0.25, 0.3) is 0 Å². The van der Waals surface area contributed by atoms with Crippen LogP contribution in [0.1, 0.15) is 11.6 Å². The molecular formula is C19H23N3O3S2. The van der Waals surface area contributed by atoms with Gasteiger partial charge in [0.15, 0.2) is 0 Å². The third-order valence-corrected chi connectivity index (χ3v) is 6.07. The van der Waals surface area contributed by atoms with Crippen molar-refractivity contribution in [3.8, 4) is 0 Å². The molecule has 144 valence electrons. The van der Waals surface area contributed by atoms with Crippen molar-refractivity contribution in [2.24, 2.45) is 0 Å². The number of benzene rings is 1. The van der Waals surface area contributed by atoms with Gasteiger partial charge in [0.25, 0.3) is 0 Å². The smallest absolute Gasteiger partial charge is 0.313 e. The van der Waals surface area contributed by atoms with E-state index in [0.717, 1.165) is 35.1 Å². The molecule has 0 radical (unpaired) electrons. The lowest BCUT2D eigenvalue weighted by molar-refractivity contribution is -0.136. The number of furan rings is 1. The van der Waals surface area contributed by atoms with Crippen molar-refractivity contribution in [3.05, 3.63) is 48.4 Å². The van der Waals surface area contributed by atoms with E-state index >= 15 is 0 Å². The van der Waals surface area contributed by atoms with Crippen LogP contribution in [0.2, 0.25) is 0 Å². The molecule has 1 aliphatic heterocycles. The van der Waals surface area contributed by atoms with E-state index in [9.17, 15) is 9.59 Å². The molecule has 8 heteroatoms. The summed E-state index contributed by atoms with van der Waals surface area (Å²) in [5.41, 5.74) is 1.62. The number of hydrogen-bond acceptors (Lipinski definition) is 6. The SMILES string of the molecule is CSc1cccc(NC(=O)C(=O)NC[C@@H](c2ccoc2)N2CCSCC2)c1. The largest absolute Gasteiger partial charge is 0.472 e. The Labute approximate surface area is 167 Å². The molecule has 0 spiro atoms. The minimum atomic E-state index is -0.659. The molecule has 0 unspecified atom stereocenters. The first-order valence-electron chi connectivity index (χ1n) is 8.74. The molecule has 1 atom stereocenters. The molecule has 1 fully saturated rings. The Kier molecular flexibility index (Phi) is 7.25. The van der Waals surface area contributed by atoms with Crippen molar-refractivity contribution in [2.45, 2.75) is 10.9 Å². The highest BCUT2D eigenvalue weighted by Gasteiger charge is 2.25. The number of hydrogen-bond donors (Lipinski definition) is 2. The van der Waals surface area contributed by atoms with Gasteiger partial charge in [-0.05, 0) is 30.5 Å². The molecule has 2 amide bonds. The second-order valence-corrected chi connectivity index (χ2v) is 8.22.